The fraction of sp³-hybridized carbons (Fsp3) is 0.182. The zero-order valence-corrected chi connectivity index (χ0v) is 16.9. The molecule has 3 amide bonds. The second-order valence-corrected chi connectivity index (χ2v) is 9.62. The number of hydrogen-bond acceptors (Lipinski definition) is 4. The van der Waals surface area contributed by atoms with Crippen LogP contribution in [0.3, 0.4) is 0 Å². The molecule has 0 radical (unpaired) electrons. The van der Waals surface area contributed by atoms with E-state index >= 15 is 0 Å². The van der Waals surface area contributed by atoms with E-state index in [4.69, 9.17) is 0 Å². The Morgan fingerprint density at radius 2 is 1.59 bits per heavy atom. The standard InChI is InChI=1S/C22H20N2O4S/c1-24(14-15-10-12-17(13-11-15)29(2,27)28)20(21(25)23-22(24)26)19-9-5-7-16-6-3-4-8-18(16)19/h3-13,20H,14H2,1-2H3/p+1. The van der Waals surface area contributed by atoms with Crippen molar-refractivity contribution < 1.29 is 22.5 Å². The molecule has 0 bridgehead atoms. The van der Waals surface area contributed by atoms with Gasteiger partial charge in [0.15, 0.2) is 9.84 Å². The van der Waals surface area contributed by atoms with Gasteiger partial charge in [-0.1, -0.05) is 54.6 Å². The van der Waals surface area contributed by atoms with E-state index in [0.29, 0.717) is 0 Å². The molecule has 1 fully saturated rings. The second kappa shape index (κ2) is 6.79. The lowest BCUT2D eigenvalue weighted by molar-refractivity contribution is -0.859. The number of quaternary nitrogens is 1. The molecule has 4 rings (SSSR count). The fourth-order valence-electron chi connectivity index (χ4n) is 4.00. The first-order chi connectivity index (χ1) is 13.7. The number of hydrogen-bond donors (Lipinski definition) is 1. The van der Waals surface area contributed by atoms with Crippen molar-refractivity contribution in [3.8, 4) is 0 Å². The largest absolute Gasteiger partial charge is 0.424 e. The molecule has 3 aromatic rings. The first-order valence-electron chi connectivity index (χ1n) is 9.17. The van der Waals surface area contributed by atoms with Crippen LogP contribution in [-0.2, 0) is 21.2 Å². The van der Waals surface area contributed by atoms with Gasteiger partial charge in [-0.2, -0.15) is 0 Å². The van der Waals surface area contributed by atoms with E-state index in [2.05, 4.69) is 5.32 Å². The molecule has 0 saturated carbocycles. The van der Waals surface area contributed by atoms with E-state index in [9.17, 15) is 18.0 Å². The summed E-state index contributed by atoms with van der Waals surface area (Å²) in [5.41, 5.74) is 1.57. The van der Waals surface area contributed by atoms with Crippen LogP contribution in [0.5, 0.6) is 0 Å². The van der Waals surface area contributed by atoms with E-state index in [0.717, 1.165) is 28.2 Å². The van der Waals surface area contributed by atoms with Gasteiger partial charge in [-0.3, -0.25) is 4.79 Å². The highest BCUT2D eigenvalue weighted by atomic mass is 32.2. The molecule has 3 aromatic carbocycles. The summed E-state index contributed by atoms with van der Waals surface area (Å²) in [5, 5.41) is 4.41. The van der Waals surface area contributed by atoms with Crippen molar-refractivity contribution in [1.82, 2.24) is 5.32 Å². The molecule has 6 nitrogen and oxygen atoms in total. The predicted molar refractivity (Wildman–Crippen MR) is 110 cm³/mol. The number of fused-ring (bicyclic) bond motifs is 1. The maximum absolute atomic E-state index is 12.8. The van der Waals surface area contributed by atoms with Gasteiger partial charge in [0.05, 0.1) is 11.9 Å². The minimum Gasteiger partial charge on any atom is -0.267 e. The molecular weight excluding hydrogens is 388 g/mol. The van der Waals surface area contributed by atoms with Crippen molar-refractivity contribution in [3.63, 3.8) is 0 Å². The van der Waals surface area contributed by atoms with Gasteiger partial charge in [0, 0.05) is 17.4 Å². The zero-order valence-electron chi connectivity index (χ0n) is 16.1. The van der Waals surface area contributed by atoms with Crippen LogP contribution in [0, 0.1) is 0 Å². The highest BCUT2D eigenvalue weighted by Gasteiger charge is 2.53. The normalized spacial score (nSPS) is 22.1. The predicted octanol–water partition coefficient (Wildman–Crippen LogP) is 3.18. The van der Waals surface area contributed by atoms with Crippen LogP contribution in [-0.4, -0.2) is 38.1 Å². The van der Waals surface area contributed by atoms with Crippen LogP contribution in [0.1, 0.15) is 17.2 Å². The average Bonchev–Trinajstić information content (AvgIpc) is 2.89. The van der Waals surface area contributed by atoms with Gasteiger partial charge in [-0.15, -0.1) is 0 Å². The number of carbonyl (C=O) groups excluding carboxylic acids is 2. The molecule has 7 heteroatoms. The summed E-state index contributed by atoms with van der Waals surface area (Å²) < 4.78 is 23.2. The quantitative estimate of drug-likeness (QED) is 0.530. The molecule has 2 unspecified atom stereocenters. The Morgan fingerprint density at radius 3 is 2.28 bits per heavy atom. The average molecular weight is 409 g/mol. The molecule has 2 atom stereocenters. The Balaban J connectivity index is 1.78. The first kappa shape index (κ1) is 19.3. The molecule has 1 saturated heterocycles. The zero-order chi connectivity index (χ0) is 20.8. The smallest absolute Gasteiger partial charge is 0.267 e. The third-order valence-electron chi connectivity index (χ3n) is 5.49. The second-order valence-electron chi connectivity index (χ2n) is 7.61. The lowest BCUT2D eigenvalue weighted by Gasteiger charge is -2.31. The fourth-order valence-corrected chi connectivity index (χ4v) is 4.63. The lowest BCUT2D eigenvalue weighted by Crippen LogP contribution is -2.47. The molecule has 0 aliphatic carbocycles. The highest BCUT2D eigenvalue weighted by molar-refractivity contribution is 7.90. The van der Waals surface area contributed by atoms with Gasteiger partial charge in [0.1, 0.15) is 6.54 Å². The first-order valence-corrected chi connectivity index (χ1v) is 11.1. The molecule has 0 spiro atoms. The third-order valence-corrected chi connectivity index (χ3v) is 6.62. The van der Waals surface area contributed by atoms with E-state index in [1.807, 2.05) is 42.5 Å². The van der Waals surface area contributed by atoms with Crippen molar-refractivity contribution in [2.45, 2.75) is 17.5 Å². The number of imide groups is 1. The molecule has 1 N–H and O–H groups in total. The number of carbonyl (C=O) groups is 2. The number of likely N-dealkylation sites (N-methyl/N-ethyl adjacent to an activating group) is 1. The number of nitrogens with zero attached hydrogens (tertiary/aromatic N) is 1. The summed E-state index contributed by atoms with van der Waals surface area (Å²) in [4.78, 5) is 25.8. The van der Waals surface area contributed by atoms with Crippen LogP contribution >= 0.6 is 0 Å². The number of sulfone groups is 1. The minimum absolute atomic E-state index is 0.162. The molecule has 148 valence electrons. The monoisotopic (exact) mass is 409 g/mol. The topological polar surface area (TPSA) is 80.3 Å². The Bertz CT molecular complexity index is 1230. The molecule has 29 heavy (non-hydrogen) atoms. The van der Waals surface area contributed by atoms with Crippen molar-refractivity contribution in [2.24, 2.45) is 0 Å². The number of nitrogens with one attached hydrogen (secondary N) is 1. The van der Waals surface area contributed by atoms with Gasteiger partial charge in [0.25, 0.3) is 5.91 Å². The van der Waals surface area contributed by atoms with Gasteiger partial charge >= 0.3 is 6.03 Å². The van der Waals surface area contributed by atoms with Crippen LogP contribution < -0.4 is 5.32 Å². The van der Waals surface area contributed by atoms with Crippen molar-refractivity contribution in [3.05, 3.63) is 77.9 Å². The van der Waals surface area contributed by atoms with Crippen molar-refractivity contribution >= 4 is 32.5 Å². The van der Waals surface area contributed by atoms with Crippen LogP contribution in [0.2, 0.25) is 0 Å². The van der Waals surface area contributed by atoms with Gasteiger partial charge in [-0.05, 0) is 22.9 Å². The van der Waals surface area contributed by atoms with Crippen LogP contribution in [0.15, 0.2) is 71.6 Å². The number of rotatable bonds is 4. The minimum atomic E-state index is -3.30. The van der Waals surface area contributed by atoms with Gasteiger partial charge in [-0.25, -0.2) is 23.0 Å². The van der Waals surface area contributed by atoms with Gasteiger partial charge < -0.3 is 0 Å². The third kappa shape index (κ3) is 3.32. The summed E-state index contributed by atoms with van der Waals surface area (Å²) in [7, 11) is -1.56. The molecule has 1 heterocycles. The van der Waals surface area contributed by atoms with E-state index < -0.39 is 15.9 Å². The number of benzene rings is 3. The Kier molecular flexibility index (Phi) is 4.52. The highest BCUT2D eigenvalue weighted by Crippen LogP contribution is 2.37. The SMILES string of the molecule is C[N+]1(Cc2ccc(S(C)(=O)=O)cc2)C(=O)NC(=O)C1c1cccc2ccccc12. The maximum Gasteiger partial charge on any atom is 0.424 e. The number of urea groups is 1. The molecule has 1 aliphatic heterocycles. The summed E-state index contributed by atoms with van der Waals surface area (Å²) in [5.74, 6) is -0.332. The Hall–Kier alpha value is -3.03. The molecule has 0 aromatic heterocycles. The molecule has 1 aliphatic rings. The summed E-state index contributed by atoms with van der Waals surface area (Å²) in [6, 6.07) is 18.9. The van der Waals surface area contributed by atoms with Crippen molar-refractivity contribution in [2.75, 3.05) is 13.3 Å². The van der Waals surface area contributed by atoms with Crippen LogP contribution in [0.25, 0.3) is 10.8 Å². The van der Waals surface area contributed by atoms with E-state index in [1.165, 1.54) is 12.1 Å². The van der Waals surface area contributed by atoms with Gasteiger partial charge in [0.2, 0.25) is 6.04 Å². The van der Waals surface area contributed by atoms with E-state index in [-0.39, 0.29) is 27.9 Å². The summed E-state index contributed by atoms with van der Waals surface area (Å²) in [6.45, 7) is 0.259. The van der Waals surface area contributed by atoms with Crippen LogP contribution in [0.4, 0.5) is 4.79 Å². The number of amides is 3. The Morgan fingerprint density at radius 1 is 0.931 bits per heavy atom. The lowest BCUT2D eigenvalue weighted by atomic mass is 9.96. The summed E-state index contributed by atoms with van der Waals surface area (Å²) >= 11 is 0. The maximum atomic E-state index is 12.8. The van der Waals surface area contributed by atoms with Crippen molar-refractivity contribution in [1.29, 1.82) is 0 Å². The summed E-state index contributed by atoms with van der Waals surface area (Å²) in [6.07, 6.45) is 1.15. The molecular formula is C22H21N2O4S+. The Labute approximate surface area is 169 Å². The van der Waals surface area contributed by atoms with E-state index in [1.54, 1.807) is 19.2 Å².